The summed E-state index contributed by atoms with van der Waals surface area (Å²) < 4.78 is 4.80. The minimum atomic E-state index is 1.13. The summed E-state index contributed by atoms with van der Waals surface area (Å²) >= 11 is 5.37. The van der Waals surface area contributed by atoms with Crippen LogP contribution in [0.1, 0.15) is 0 Å². The summed E-state index contributed by atoms with van der Waals surface area (Å²) in [5, 5.41) is 3.47. The molecule has 19 heavy (non-hydrogen) atoms. The number of benzene rings is 2. The summed E-state index contributed by atoms with van der Waals surface area (Å²) in [4.78, 5) is 0. The van der Waals surface area contributed by atoms with Crippen LogP contribution >= 0.6 is 27.3 Å². The van der Waals surface area contributed by atoms with Gasteiger partial charge in [-0.3, -0.25) is 0 Å². The Morgan fingerprint density at radius 2 is 1.74 bits per heavy atom. The van der Waals surface area contributed by atoms with Crippen LogP contribution in [0.3, 0.4) is 0 Å². The summed E-state index contributed by atoms with van der Waals surface area (Å²) in [5.41, 5.74) is 3.75. The van der Waals surface area contributed by atoms with Crippen LogP contribution in [-0.4, -0.2) is 4.57 Å². The van der Waals surface area contributed by atoms with Crippen LogP contribution in [0, 0.1) is 0 Å². The minimum Gasteiger partial charge on any atom is -0.308 e. The van der Waals surface area contributed by atoms with Gasteiger partial charge in [-0.2, -0.15) is 0 Å². The smallest absolute Gasteiger partial charge is 0.0648 e. The molecule has 0 unspecified atom stereocenters. The molecule has 0 amide bonds. The van der Waals surface area contributed by atoms with Gasteiger partial charge in [0.15, 0.2) is 0 Å². The van der Waals surface area contributed by atoms with Gasteiger partial charge in [0.25, 0.3) is 0 Å². The fourth-order valence-electron chi connectivity index (χ4n) is 2.55. The molecule has 0 spiro atoms. The highest BCUT2D eigenvalue weighted by Gasteiger charge is 2.12. The van der Waals surface area contributed by atoms with Crippen LogP contribution < -0.4 is 0 Å². The van der Waals surface area contributed by atoms with E-state index in [0.717, 1.165) is 4.47 Å². The molecule has 0 atom stereocenters. The van der Waals surface area contributed by atoms with Gasteiger partial charge >= 0.3 is 0 Å². The van der Waals surface area contributed by atoms with E-state index in [-0.39, 0.29) is 0 Å². The first kappa shape index (κ1) is 11.3. The quantitative estimate of drug-likeness (QED) is 0.428. The molecule has 1 nitrogen and oxygen atoms in total. The Morgan fingerprint density at radius 3 is 2.58 bits per heavy atom. The Kier molecular flexibility index (Phi) is 2.50. The molecule has 0 aliphatic rings. The Morgan fingerprint density at radius 1 is 0.895 bits per heavy atom. The first-order chi connectivity index (χ1) is 9.34. The van der Waals surface area contributed by atoms with E-state index in [1.54, 1.807) is 11.3 Å². The maximum absolute atomic E-state index is 3.57. The lowest BCUT2D eigenvalue weighted by Gasteiger charge is -2.06. The van der Waals surface area contributed by atoms with E-state index in [2.05, 4.69) is 80.5 Å². The molecule has 4 aromatic rings. The number of fused-ring (bicyclic) bond motifs is 3. The molecule has 2 aromatic carbocycles. The lowest BCUT2D eigenvalue weighted by atomic mass is 10.2. The predicted molar refractivity (Wildman–Crippen MR) is 86.4 cm³/mol. The Balaban J connectivity index is 2.20. The first-order valence-corrected chi connectivity index (χ1v) is 7.74. The monoisotopic (exact) mass is 327 g/mol. The van der Waals surface area contributed by atoms with E-state index in [9.17, 15) is 0 Å². The zero-order valence-corrected chi connectivity index (χ0v) is 12.4. The van der Waals surface area contributed by atoms with Crippen molar-refractivity contribution in [3.05, 3.63) is 64.5 Å². The molecule has 92 valence electrons. The largest absolute Gasteiger partial charge is 0.308 e. The number of aromatic nitrogens is 1. The standard InChI is InChI=1S/C16H10BrNS/c17-11-6-7-14-13(10-11)16-15(8-9-19-16)18(14)12-4-2-1-3-5-12/h1-10H. The summed E-state index contributed by atoms with van der Waals surface area (Å²) in [6.45, 7) is 0. The van der Waals surface area contributed by atoms with Crippen molar-refractivity contribution < 1.29 is 0 Å². The molecular formula is C16H10BrNS. The second-order valence-corrected chi connectivity index (χ2v) is 6.30. The predicted octanol–water partition coefficient (Wildman–Crippen LogP) is 5.61. The van der Waals surface area contributed by atoms with E-state index < -0.39 is 0 Å². The molecule has 4 rings (SSSR count). The molecule has 3 heteroatoms. The lowest BCUT2D eigenvalue weighted by Crippen LogP contribution is -1.91. The van der Waals surface area contributed by atoms with Gasteiger partial charge in [-0.15, -0.1) is 11.3 Å². The highest BCUT2D eigenvalue weighted by molar-refractivity contribution is 9.10. The zero-order chi connectivity index (χ0) is 12.8. The van der Waals surface area contributed by atoms with Crippen molar-refractivity contribution >= 4 is 48.4 Å². The third-order valence-corrected chi connectivity index (χ3v) is 4.77. The number of hydrogen-bond donors (Lipinski definition) is 0. The van der Waals surface area contributed by atoms with Crippen LogP contribution in [-0.2, 0) is 0 Å². The Labute approximate surface area is 123 Å². The van der Waals surface area contributed by atoms with Crippen LogP contribution in [0.5, 0.6) is 0 Å². The van der Waals surface area contributed by atoms with Gasteiger partial charge in [-0.05, 0) is 41.8 Å². The Hall–Kier alpha value is -1.58. The number of nitrogens with zero attached hydrogens (tertiary/aromatic N) is 1. The molecule has 0 saturated heterocycles. The van der Waals surface area contributed by atoms with Crippen LogP contribution in [0.25, 0.3) is 26.8 Å². The highest BCUT2D eigenvalue weighted by Crippen LogP contribution is 2.36. The van der Waals surface area contributed by atoms with E-state index in [1.807, 2.05) is 0 Å². The summed E-state index contributed by atoms with van der Waals surface area (Å²) in [7, 11) is 0. The van der Waals surface area contributed by atoms with Crippen molar-refractivity contribution in [2.45, 2.75) is 0 Å². The third-order valence-electron chi connectivity index (χ3n) is 3.34. The van der Waals surface area contributed by atoms with Crippen molar-refractivity contribution in [1.82, 2.24) is 4.57 Å². The van der Waals surface area contributed by atoms with Crippen molar-refractivity contribution in [3.63, 3.8) is 0 Å². The maximum atomic E-state index is 3.57. The average Bonchev–Trinajstić information content (AvgIpc) is 3.00. The fraction of sp³-hybridized carbons (Fsp3) is 0. The van der Waals surface area contributed by atoms with Gasteiger partial charge in [0, 0.05) is 15.5 Å². The number of hydrogen-bond acceptors (Lipinski definition) is 1. The van der Waals surface area contributed by atoms with Gasteiger partial charge in [0.1, 0.15) is 0 Å². The minimum absolute atomic E-state index is 1.13. The Bertz CT molecular complexity index is 874. The van der Waals surface area contributed by atoms with Crippen molar-refractivity contribution in [1.29, 1.82) is 0 Å². The van der Waals surface area contributed by atoms with Gasteiger partial charge in [-0.1, -0.05) is 34.1 Å². The van der Waals surface area contributed by atoms with Crippen LogP contribution in [0.15, 0.2) is 64.5 Å². The molecule has 0 bridgehead atoms. The highest BCUT2D eigenvalue weighted by atomic mass is 79.9. The normalized spacial score (nSPS) is 11.4. The van der Waals surface area contributed by atoms with Crippen LogP contribution in [0.2, 0.25) is 0 Å². The number of halogens is 1. The number of para-hydroxylation sites is 1. The van der Waals surface area contributed by atoms with Crippen molar-refractivity contribution in [2.24, 2.45) is 0 Å². The fourth-order valence-corrected chi connectivity index (χ4v) is 3.81. The van der Waals surface area contributed by atoms with Crippen molar-refractivity contribution in [2.75, 3.05) is 0 Å². The molecule has 0 radical (unpaired) electrons. The third kappa shape index (κ3) is 1.66. The molecule has 0 fully saturated rings. The molecule has 0 N–H and O–H groups in total. The average molecular weight is 328 g/mol. The maximum Gasteiger partial charge on any atom is 0.0648 e. The summed E-state index contributed by atoms with van der Waals surface area (Å²) in [6, 6.07) is 19.2. The molecule has 2 aromatic heterocycles. The van der Waals surface area contributed by atoms with Gasteiger partial charge in [-0.25, -0.2) is 0 Å². The molecular weight excluding hydrogens is 318 g/mol. The topological polar surface area (TPSA) is 4.93 Å². The molecule has 0 aliphatic carbocycles. The molecule has 2 heterocycles. The van der Waals surface area contributed by atoms with Crippen LogP contribution in [0.4, 0.5) is 0 Å². The SMILES string of the molecule is Brc1ccc2c(c1)c1sccc1n2-c1ccccc1. The number of thiophene rings is 1. The van der Waals surface area contributed by atoms with E-state index in [4.69, 9.17) is 0 Å². The summed E-state index contributed by atoms with van der Waals surface area (Å²) in [6.07, 6.45) is 0. The second kappa shape index (κ2) is 4.22. The number of rotatable bonds is 1. The van der Waals surface area contributed by atoms with E-state index >= 15 is 0 Å². The van der Waals surface area contributed by atoms with E-state index in [0.29, 0.717) is 0 Å². The van der Waals surface area contributed by atoms with Crippen molar-refractivity contribution in [3.8, 4) is 5.69 Å². The first-order valence-electron chi connectivity index (χ1n) is 6.07. The molecule has 0 saturated carbocycles. The van der Waals surface area contributed by atoms with Gasteiger partial charge in [0.05, 0.1) is 15.7 Å². The van der Waals surface area contributed by atoms with Gasteiger partial charge < -0.3 is 4.57 Å². The lowest BCUT2D eigenvalue weighted by molar-refractivity contribution is 1.18. The van der Waals surface area contributed by atoms with Gasteiger partial charge in [0.2, 0.25) is 0 Å². The zero-order valence-electron chi connectivity index (χ0n) is 10.0. The summed E-state index contributed by atoms with van der Waals surface area (Å²) in [5.74, 6) is 0. The second-order valence-electron chi connectivity index (χ2n) is 4.47. The molecule has 0 aliphatic heterocycles. The van der Waals surface area contributed by atoms with E-state index in [1.165, 1.54) is 26.8 Å².